The molecule has 1 aromatic heterocycles. The highest BCUT2D eigenvalue weighted by molar-refractivity contribution is 5.89. The Hall–Kier alpha value is -2.34. The van der Waals surface area contributed by atoms with E-state index in [0.717, 1.165) is 22.7 Å². The number of carbonyl (C=O) groups is 1. The summed E-state index contributed by atoms with van der Waals surface area (Å²) < 4.78 is 10.5. The zero-order chi connectivity index (χ0) is 17.1. The number of carbonyl (C=O) groups excluding carboxylic acids is 1. The minimum Gasteiger partial charge on any atom is -0.448 e. The lowest BCUT2D eigenvalue weighted by atomic mass is 10.1. The molecule has 0 aliphatic carbocycles. The standard InChI is InChI=1S/C18H23N3O3/c1-12(2)17-16(20-11-24-17)10-19-13(3)14-5-4-6-15(9-14)21-7-8-23-18(21)22/h4-6,9,11-13,19H,7-8,10H2,1-3H3/t13-/m0/s1. The molecule has 6 nitrogen and oxygen atoms in total. The van der Waals surface area contributed by atoms with Crippen molar-refractivity contribution in [3.8, 4) is 0 Å². The highest BCUT2D eigenvalue weighted by Gasteiger charge is 2.24. The van der Waals surface area contributed by atoms with Crippen molar-refractivity contribution in [2.45, 2.75) is 39.3 Å². The molecule has 0 radical (unpaired) electrons. The molecule has 2 aromatic rings. The number of rotatable bonds is 6. The van der Waals surface area contributed by atoms with Gasteiger partial charge in [0.1, 0.15) is 12.4 Å². The fraction of sp³-hybridized carbons (Fsp3) is 0.444. The van der Waals surface area contributed by atoms with Gasteiger partial charge in [-0.3, -0.25) is 4.90 Å². The lowest BCUT2D eigenvalue weighted by Crippen LogP contribution is -2.24. The SMILES string of the molecule is CC(C)c1ocnc1CN[C@@H](C)c1cccc(N2CCOC2=O)c1. The number of benzene rings is 1. The van der Waals surface area contributed by atoms with Crippen LogP contribution >= 0.6 is 0 Å². The highest BCUT2D eigenvalue weighted by atomic mass is 16.6. The summed E-state index contributed by atoms with van der Waals surface area (Å²) in [5.41, 5.74) is 2.92. The summed E-state index contributed by atoms with van der Waals surface area (Å²) in [5, 5.41) is 3.47. The van der Waals surface area contributed by atoms with Crippen molar-refractivity contribution in [1.29, 1.82) is 0 Å². The lowest BCUT2D eigenvalue weighted by Gasteiger charge is -2.18. The van der Waals surface area contributed by atoms with Crippen LogP contribution in [-0.2, 0) is 11.3 Å². The number of anilines is 1. The fourth-order valence-corrected chi connectivity index (χ4v) is 2.84. The van der Waals surface area contributed by atoms with Gasteiger partial charge >= 0.3 is 6.09 Å². The number of cyclic esters (lactones) is 1. The Morgan fingerprint density at radius 3 is 2.88 bits per heavy atom. The van der Waals surface area contributed by atoms with Gasteiger partial charge in [-0.2, -0.15) is 0 Å². The summed E-state index contributed by atoms with van der Waals surface area (Å²) in [6.07, 6.45) is 1.22. The second-order valence-corrected chi connectivity index (χ2v) is 6.28. The van der Waals surface area contributed by atoms with Gasteiger partial charge in [0, 0.05) is 24.2 Å². The lowest BCUT2D eigenvalue weighted by molar-refractivity contribution is 0.181. The minimum absolute atomic E-state index is 0.125. The van der Waals surface area contributed by atoms with E-state index in [1.165, 1.54) is 6.39 Å². The van der Waals surface area contributed by atoms with Crippen molar-refractivity contribution < 1.29 is 13.9 Å². The molecule has 0 unspecified atom stereocenters. The van der Waals surface area contributed by atoms with Crippen LogP contribution in [0.5, 0.6) is 0 Å². The second-order valence-electron chi connectivity index (χ2n) is 6.28. The number of nitrogens with one attached hydrogen (secondary N) is 1. The molecule has 1 saturated heterocycles. The molecular weight excluding hydrogens is 306 g/mol. The largest absolute Gasteiger partial charge is 0.448 e. The quantitative estimate of drug-likeness (QED) is 0.877. The van der Waals surface area contributed by atoms with E-state index in [1.807, 2.05) is 18.2 Å². The first-order chi connectivity index (χ1) is 11.6. The van der Waals surface area contributed by atoms with Crippen molar-refractivity contribution in [3.05, 3.63) is 47.7 Å². The van der Waals surface area contributed by atoms with Gasteiger partial charge in [-0.1, -0.05) is 26.0 Å². The summed E-state index contributed by atoms with van der Waals surface area (Å²) in [7, 11) is 0. The van der Waals surface area contributed by atoms with E-state index in [1.54, 1.807) is 4.90 Å². The molecule has 1 fully saturated rings. The van der Waals surface area contributed by atoms with Gasteiger partial charge in [0.15, 0.2) is 6.39 Å². The maximum atomic E-state index is 11.7. The molecule has 1 aliphatic rings. The first kappa shape index (κ1) is 16.5. The van der Waals surface area contributed by atoms with Crippen LogP contribution in [0, 0.1) is 0 Å². The van der Waals surface area contributed by atoms with Gasteiger partial charge < -0.3 is 14.5 Å². The molecule has 24 heavy (non-hydrogen) atoms. The average Bonchev–Trinajstić information content (AvgIpc) is 3.21. The maximum absolute atomic E-state index is 11.7. The second kappa shape index (κ2) is 7.05. The molecule has 0 bridgehead atoms. The van der Waals surface area contributed by atoms with E-state index in [0.29, 0.717) is 25.6 Å². The molecule has 1 aromatic carbocycles. The number of hydrogen-bond donors (Lipinski definition) is 1. The van der Waals surface area contributed by atoms with Crippen LogP contribution in [0.4, 0.5) is 10.5 Å². The number of aromatic nitrogens is 1. The van der Waals surface area contributed by atoms with Crippen LogP contribution in [0.15, 0.2) is 35.1 Å². The minimum atomic E-state index is -0.281. The summed E-state index contributed by atoms with van der Waals surface area (Å²) >= 11 is 0. The first-order valence-electron chi connectivity index (χ1n) is 8.26. The van der Waals surface area contributed by atoms with Crippen molar-refractivity contribution in [1.82, 2.24) is 10.3 Å². The molecule has 0 saturated carbocycles. The highest BCUT2D eigenvalue weighted by Crippen LogP contribution is 2.24. The summed E-state index contributed by atoms with van der Waals surface area (Å²) in [6, 6.07) is 8.09. The Balaban J connectivity index is 1.68. The number of nitrogens with zero attached hydrogens (tertiary/aromatic N) is 2. The zero-order valence-corrected chi connectivity index (χ0v) is 14.3. The monoisotopic (exact) mass is 329 g/mol. The van der Waals surface area contributed by atoms with Crippen molar-refractivity contribution in [3.63, 3.8) is 0 Å². The Bertz CT molecular complexity index is 711. The molecule has 3 rings (SSSR count). The van der Waals surface area contributed by atoms with Crippen LogP contribution < -0.4 is 10.2 Å². The van der Waals surface area contributed by atoms with E-state index in [9.17, 15) is 4.79 Å². The van der Waals surface area contributed by atoms with Gasteiger partial charge in [0.2, 0.25) is 0 Å². The molecule has 1 atom stereocenters. The van der Waals surface area contributed by atoms with Gasteiger partial charge in [-0.25, -0.2) is 9.78 Å². The smallest absolute Gasteiger partial charge is 0.414 e. The predicted molar refractivity (Wildman–Crippen MR) is 91.0 cm³/mol. The van der Waals surface area contributed by atoms with E-state index in [-0.39, 0.29) is 12.1 Å². The fourth-order valence-electron chi connectivity index (χ4n) is 2.84. The normalized spacial score (nSPS) is 15.8. The Labute approximate surface area is 141 Å². The molecule has 1 N–H and O–H groups in total. The third-order valence-electron chi connectivity index (χ3n) is 4.22. The third-order valence-corrected chi connectivity index (χ3v) is 4.22. The van der Waals surface area contributed by atoms with Crippen LogP contribution in [0.1, 0.15) is 49.7 Å². The third kappa shape index (κ3) is 3.43. The van der Waals surface area contributed by atoms with Crippen molar-refractivity contribution >= 4 is 11.8 Å². The number of hydrogen-bond acceptors (Lipinski definition) is 5. The van der Waals surface area contributed by atoms with E-state index in [4.69, 9.17) is 9.15 Å². The average molecular weight is 329 g/mol. The van der Waals surface area contributed by atoms with Crippen LogP contribution in [-0.4, -0.2) is 24.2 Å². The van der Waals surface area contributed by atoms with Crippen LogP contribution in [0.25, 0.3) is 0 Å². The molecule has 1 aliphatic heterocycles. The Morgan fingerprint density at radius 1 is 1.33 bits per heavy atom. The van der Waals surface area contributed by atoms with Crippen LogP contribution in [0.3, 0.4) is 0 Å². The molecule has 1 amide bonds. The topological polar surface area (TPSA) is 67.6 Å². The van der Waals surface area contributed by atoms with Gasteiger partial charge in [0.25, 0.3) is 0 Å². The maximum Gasteiger partial charge on any atom is 0.414 e. The van der Waals surface area contributed by atoms with Crippen molar-refractivity contribution in [2.24, 2.45) is 0 Å². The zero-order valence-electron chi connectivity index (χ0n) is 14.3. The van der Waals surface area contributed by atoms with Gasteiger partial charge in [-0.15, -0.1) is 0 Å². The predicted octanol–water partition coefficient (Wildman–Crippen LogP) is 3.61. The summed E-state index contributed by atoms with van der Waals surface area (Å²) in [6.45, 7) is 7.96. The Morgan fingerprint density at radius 2 is 2.17 bits per heavy atom. The molecule has 6 heteroatoms. The van der Waals surface area contributed by atoms with E-state index in [2.05, 4.69) is 37.1 Å². The van der Waals surface area contributed by atoms with E-state index >= 15 is 0 Å². The van der Waals surface area contributed by atoms with E-state index < -0.39 is 0 Å². The molecule has 128 valence electrons. The number of ether oxygens (including phenoxy) is 1. The van der Waals surface area contributed by atoms with Gasteiger partial charge in [0.05, 0.1) is 12.2 Å². The van der Waals surface area contributed by atoms with Gasteiger partial charge in [-0.05, 0) is 24.6 Å². The number of oxazole rings is 1. The first-order valence-corrected chi connectivity index (χ1v) is 8.26. The summed E-state index contributed by atoms with van der Waals surface area (Å²) in [5.74, 6) is 1.23. The Kier molecular flexibility index (Phi) is 4.85. The van der Waals surface area contributed by atoms with Crippen LogP contribution in [0.2, 0.25) is 0 Å². The molecule has 0 spiro atoms. The summed E-state index contributed by atoms with van der Waals surface area (Å²) in [4.78, 5) is 17.7. The molecule has 2 heterocycles. The van der Waals surface area contributed by atoms with Crippen molar-refractivity contribution in [2.75, 3.05) is 18.1 Å². The number of amides is 1. The molecular formula is C18H23N3O3.